The third kappa shape index (κ3) is 5.92. The zero-order valence-electron chi connectivity index (χ0n) is 14.1. The molecule has 0 unspecified atom stereocenters. The summed E-state index contributed by atoms with van der Waals surface area (Å²) in [5, 5.41) is 6.86. The lowest BCUT2D eigenvalue weighted by Gasteiger charge is -2.30. The number of nitrogens with zero attached hydrogens (tertiary/aromatic N) is 1. The molecular formula is C17H26ClN3O2. The molecule has 0 spiro atoms. The van der Waals surface area contributed by atoms with E-state index in [1.165, 1.54) is 0 Å². The van der Waals surface area contributed by atoms with Crippen molar-refractivity contribution in [1.29, 1.82) is 0 Å². The highest BCUT2D eigenvalue weighted by Crippen LogP contribution is 2.27. The molecule has 1 aromatic carbocycles. The average molecular weight is 340 g/mol. The summed E-state index contributed by atoms with van der Waals surface area (Å²) >= 11 is 6.42. The van der Waals surface area contributed by atoms with Crippen molar-refractivity contribution in [3.8, 4) is 0 Å². The van der Waals surface area contributed by atoms with Gasteiger partial charge in [-0.2, -0.15) is 0 Å². The van der Waals surface area contributed by atoms with Crippen LogP contribution < -0.4 is 15.5 Å². The Morgan fingerprint density at radius 2 is 2.04 bits per heavy atom. The van der Waals surface area contributed by atoms with E-state index in [1.54, 1.807) is 0 Å². The van der Waals surface area contributed by atoms with Crippen LogP contribution in [-0.4, -0.2) is 44.4 Å². The van der Waals surface area contributed by atoms with Gasteiger partial charge in [-0.1, -0.05) is 17.7 Å². The zero-order valence-corrected chi connectivity index (χ0v) is 14.9. The van der Waals surface area contributed by atoms with E-state index in [1.807, 2.05) is 26.8 Å². The van der Waals surface area contributed by atoms with E-state index in [0.29, 0.717) is 6.54 Å². The van der Waals surface area contributed by atoms with Gasteiger partial charge in [-0.3, -0.25) is 0 Å². The van der Waals surface area contributed by atoms with Crippen molar-refractivity contribution >= 4 is 23.4 Å². The van der Waals surface area contributed by atoms with Crippen molar-refractivity contribution in [3.05, 3.63) is 28.8 Å². The molecule has 2 N–H and O–H groups in total. The molecule has 2 rings (SSSR count). The van der Waals surface area contributed by atoms with E-state index in [-0.39, 0.29) is 6.09 Å². The number of rotatable bonds is 4. The van der Waals surface area contributed by atoms with E-state index >= 15 is 0 Å². The number of hydrogen-bond donors (Lipinski definition) is 2. The van der Waals surface area contributed by atoms with Gasteiger partial charge in [0.15, 0.2) is 0 Å². The first-order chi connectivity index (χ1) is 10.8. The number of carbonyl (C=O) groups is 1. The molecule has 5 nitrogen and oxygen atoms in total. The first-order valence-corrected chi connectivity index (χ1v) is 8.44. The van der Waals surface area contributed by atoms with Crippen molar-refractivity contribution in [2.75, 3.05) is 37.6 Å². The molecule has 1 fully saturated rings. The number of anilines is 1. The van der Waals surface area contributed by atoms with E-state index in [4.69, 9.17) is 16.3 Å². The molecular weight excluding hydrogens is 314 g/mol. The maximum absolute atomic E-state index is 11.6. The van der Waals surface area contributed by atoms with Crippen LogP contribution in [0.1, 0.15) is 26.3 Å². The Bertz CT molecular complexity index is 537. The number of piperazine rings is 1. The second-order valence-electron chi connectivity index (χ2n) is 6.70. The monoisotopic (exact) mass is 339 g/mol. The molecule has 0 bridgehead atoms. The van der Waals surface area contributed by atoms with Gasteiger partial charge in [0.05, 0.1) is 10.7 Å². The highest BCUT2D eigenvalue weighted by Gasteiger charge is 2.16. The summed E-state index contributed by atoms with van der Waals surface area (Å²) in [6, 6.07) is 6.12. The van der Waals surface area contributed by atoms with E-state index in [0.717, 1.165) is 48.9 Å². The van der Waals surface area contributed by atoms with Gasteiger partial charge in [0.1, 0.15) is 5.60 Å². The van der Waals surface area contributed by atoms with Crippen molar-refractivity contribution < 1.29 is 9.53 Å². The summed E-state index contributed by atoms with van der Waals surface area (Å²) in [7, 11) is 0. The Balaban J connectivity index is 1.84. The lowest BCUT2D eigenvalue weighted by molar-refractivity contribution is 0.0528. The lowest BCUT2D eigenvalue weighted by Crippen LogP contribution is -2.43. The van der Waals surface area contributed by atoms with Crippen LogP contribution in [0.5, 0.6) is 0 Å². The molecule has 1 heterocycles. The summed E-state index contributed by atoms with van der Waals surface area (Å²) in [4.78, 5) is 13.9. The Labute approximate surface area is 143 Å². The van der Waals surface area contributed by atoms with Gasteiger partial charge in [-0.15, -0.1) is 0 Å². The number of halogens is 1. The SMILES string of the molecule is CC(C)(C)OC(=O)NCCc1ccc(N2CCNCC2)c(Cl)c1. The number of benzene rings is 1. The third-order valence-corrected chi connectivity index (χ3v) is 3.85. The van der Waals surface area contributed by atoms with E-state index in [2.05, 4.69) is 27.7 Å². The Morgan fingerprint density at radius 1 is 1.35 bits per heavy atom. The van der Waals surface area contributed by atoms with Gasteiger partial charge in [-0.25, -0.2) is 4.79 Å². The summed E-state index contributed by atoms with van der Waals surface area (Å²) in [5.41, 5.74) is 1.71. The molecule has 1 amide bonds. The fraction of sp³-hybridized carbons (Fsp3) is 0.588. The molecule has 6 heteroatoms. The molecule has 0 radical (unpaired) electrons. The number of nitrogens with one attached hydrogen (secondary N) is 2. The zero-order chi connectivity index (χ0) is 16.9. The minimum absolute atomic E-state index is 0.388. The van der Waals surface area contributed by atoms with Crippen LogP contribution in [-0.2, 0) is 11.2 Å². The van der Waals surface area contributed by atoms with Gasteiger partial charge < -0.3 is 20.3 Å². The van der Waals surface area contributed by atoms with Gasteiger partial charge in [0, 0.05) is 32.7 Å². The van der Waals surface area contributed by atoms with Crippen LogP contribution in [0, 0.1) is 0 Å². The first-order valence-electron chi connectivity index (χ1n) is 8.06. The first kappa shape index (κ1) is 17.9. The Morgan fingerprint density at radius 3 is 2.65 bits per heavy atom. The molecule has 1 aliphatic heterocycles. The number of alkyl carbamates (subject to hydrolysis) is 1. The average Bonchev–Trinajstić information content (AvgIpc) is 2.46. The predicted molar refractivity (Wildman–Crippen MR) is 94.5 cm³/mol. The number of amides is 1. The fourth-order valence-corrected chi connectivity index (χ4v) is 2.81. The van der Waals surface area contributed by atoms with Crippen LogP contribution >= 0.6 is 11.6 Å². The summed E-state index contributed by atoms with van der Waals surface area (Å²) in [6.45, 7) is 9.98. The minimum Gasteiger partial charge on any atom is -0.444 e. The van der Waals surface area contributed by atoms with Crippen LogP contribution in [0.25, 0.3) is 0 Å². The van der Waals surface area contributed by atoms with Crippen LogP contribution in [0.4, 0.5) is 10.5 Å². The molecule has 0 saturated carbocycles. The van der Waals surface area contributed by atoms with E-state index in [9.17, 15) is 4.79 Å². The highest BCUT2D eigenvalue weighted by atomic mass is 35.5. The Hall–Kier alpha value is -1.46. The number of carbonyl (C=O) groups excluding carboxylic acids is 1. The van der Waals surface area contributed by atoms with E-state index < -0.39 is 5.60 Å². The largest absolute Gasteiger partial charge is 0.444 e. The van der Waals surface area contributed by atoms with Gasteiger partial charge in [0.2, 0.25) is 0 Å². The third-order valence-electron chi connectivity index (χ3n) is 3.55. The second kappa shape index (κ2) is 7.88. The molecule has 1 aliphatic rings. The number of hydrogen-bond acceptors (Lipinski definition) is 4. The maximum atomic E-state index is 11.6. The smallest absolute Gasteiger partial charge is 0.407 e. The standard InChI is InChI=1S/C17H26ClN3O2/c1-17(2,3)23-16(22)20-7-6-13-4-5-15(14(18)12-13)21-10-8-19-9-11-21/h4-5,12,19H,6-11H2,1-3H3,(H,20,22). The quantitative estimate of drug-likeness (QED) is 0.885. The molecule has 0 atom stereocenters. The minimum atomic E-state index is -0.474. The second-order valence-corrected chi connectivity index (χ2v) is 7.11. The van der Waals surface area contributed by atoms with Crippen molar-refractivity contribution in [2.24, 2.45) is 0 Å². The highest BCUT2D eigenvalue weighted by molar-refractivity contribution is 6.33. The summed E-state index contributed by atoms with van der Waals surface area (Å²) in [6.07, 6.45) is 0.335. The van der Waals surface area contributed by atoms with Crippen molar-refractivity contribution in [1.82, 2.24) is 10.6 Å². The lowest BCUT2D eigenvalue weighted by atomic mass is 10.1. The topological polar surface area (TPSA) is 53.6 Å². The Kier molecular flexibility index (Phi) is 6.13. The molecule has 23 heavy (non-hydrogen) atoms. The fourth-order valence-electron chi connectivity index (χ4n) is 2.49. The van der Waals surface area contributed by atoms with Crippen LogP contribution in [0.2, 0.25) is 5.02 Å². The summed E-state index contributed by atoms with van der Waals surface area (Å²) in [5.74, 6) is 0. The molecule has 1 aromatic rings. The van der Waals surface area contributed by atoms with Crippen LogP contribution in [0.3, 0.4) is 0 Å². The molecule has 0 aliphatic carbocycles. The van der Waals surface area contributed by atoms with Gasteiger partial charge in [-0.05, 0) is 44.9 Å². The predicted octanol–water partition coefficient (Wildman–Crippen LogP) is 2.82. The maximum Gasteiger partial charge on any atom is 0.407 e. The molecule has 128 valence electrons. The summed E-state index contributed by atoms with van der Waals surface area (Å²) < 4.78 is 5.21. The van der Waals surface area contributed by atoms with Gasteiger partial charge >= 0.3 is 6.09 Å². The molecule has 1 saturated heterocycles. The molecule has 0 aromatic heterocycles. The normalized spacial score (nSPS) is 15.4. The van der Waals surface area contributed by atoms with Crippen molar-refractivity contribution in [3.63, 3.8) is 0 Å². The van der Waals surface area contributed by atoms with Crippen LogP contribution in [0.15, 0.2) is 18.2 Å². The number of ether oxygens (including phenoxy) is 1. The van der Waals surface area contributed by atoms with Crippen molar-refractivity contribution in [2.45, 2.75) is 32.8 Å². The van der Waals surface area contributed by atoms with Gasteiger partial charge in [0.25, 0.3) is 0 Å².